The predicted molar refractivity (Wildman–Crippen MR) is 90.6 cm³/mol. The number of nitrogens with zero attached hydrogens (tertiary/aromatic N) is 1. The van der Waals surface area contributed by atoms with Gasteiger partial charge in [0.05, 0.1) is 11.0 Å². The van der Waals surface area contributed by atoms with Crippen molar-refractivity contribution in [3.63, 3.8) is 0 Å². The van der Waals surface area contributed by atoms with Crippen LogP contribution in [0.15, 0.2) is 23.1 Å². The van der Waals surface area contributed by atoms with E-state index in [0.717, 1.165) is 18.4 Å². The fourth-order valence-corrected chi connectivity index (χ4v) is 4.33. The predicted octanol–water partition coefficient (Wildman–Crippen LogP) is 1.78. The third-order valence-electron chi connectivity index (χ3n) is 4.44. The number of carbonyl (C=O) groups is 1. The molecule has 1 aromatic rings. The van der Waals surface area contributed by atoms with Gasteiger partial charge in [0.25, 0.3) is 0 Å². The van der Waals surface area contributed by atoms with Crippen molar-refractivity contribution in [3.8, 4) is 6.07 Å². The molecule has 2 rings (SSSR count). The number of rotatable bonds is 6. The van der Waals surface area contributed by atoms with E-state index >= 15 is 0 Å². The van der Waals surface area contributed by atoms with Crippen LogP contribution >= 0.6 is 0 Å². The smallest absolute Gasteiger partial charge is 0.240 e. The van der Waals surface area contributed by atoms with Gasteiger partial charge in [0.15, 0.2) is 0 Å². The molecule has 0 aliphatic heterocycles. The first-order valence-corrected chi connectivity index (χ1v) is 9.55. The summed E-state index contributed by atoms with van der Waals surface area (Å²) < 4.78 is 27.2. The van der Waals surface area contributed by atoms with Crippen LogP contribution < -0.4 is 10.0 Å². The Morgan fingerprint density at radius 2 is 1.92 bits per heavy atom. The molecule has 7 heteroatoms. The lowest BCUT2D eigenvalue weighted by Gasteiger charge is -2.19. The van der Waals surface area contributed by atoms with Crippen LogP contribution in [0.4, 0.5) is 0 Å². The van der Waals surface area contributed by atoms with Crippen LogP contribution in [0, 0.1) is 30.6 Å². The third-order valence-corrected chi connectivity index (χ3v) is 6.04. The molecule has 0 heterocycles. The van der Waals surface area contributed by atoms with Crippen molar-refractivity contribution in [1.29, 1.82) is 5.26 Å². The number of sulfonamides is 1. The molecule has 1 aliphatic carbocycles. The summed E-state index contributed by atoms with van der Waals surface area (Å²) in [4.78, 5) is 12.4. The van der Waals surface area contributed by atoms with Crippen molar-refractivity contribution in [2.75, 3.05) is 13.1 Å². The summed E-state index contributed by atoms with van der Waals surface area (Å²) in [5.41, 5.74) is 0.601. The van der Waals surface area contributed by atoms with Crippen LogP contribution in [0.3, 0.4) is 0 Å². The fraction of sp³-hybridized carbons (Fsp3) is 0.529. The van der Waals surface area contributed by atoms with Crippen LogP contribution in [-0.4, -0.2) is 27.4 Å². The van der Waals surface area contributed by atoms with Gasteiger partial charge in [-0.1, -0.05) is 25.0 Å². The van der Waals surface area contributed by atoms with Gasteiger partial charge in [0, 0.05) is 13.1 Å². The van der Waals surface area contributed by atoms with Crippen molar-refractivity contribution in [2.24, 2.45) is 5.41 Å². The largest absolute Gasteiger partial charge is 0.353 e. The Hall–Kier alpha value is -1.91. The average Bonchev–Trinajstić information content (AvgIpc) is 3.04. The molecule has 0 aromatic heterocycles. The first-order valence-electron chi connectivity index (χ1n) is 8.07. The first kappa shape index (κ1) is 18.4. The number of amides is 1. The molecule has 2 N–H and O–H groups in total. The number of hydrogen-bond acceptors (Lipinski definition) is 4. The normalized spacial score (nSPS) is 16.5. The van der Waals surface area contributed by atoms with Crippen molar-refractivity contribution in [2.45, 2.75) is 44.4 Å². The number of nitriles is 1. The second kappa shape index (κ2) is 7.32. The number of carbonyl (C=O) groups excluding carboxylic acids is 1. The Morgan fingerprint density at radius 3 is 2.54 bits per heavy atom. The molecule has 1 amide bonds. The summed E-state index contributed by atoms with van der Waals surface area (Å²) in [6.07, 6.45) is 2.90. The molecule has 1 aromatic carbocycles. The van der Waals surface area contributed by atoms with Crippen molar-refractivity contribution in [3.05, 3.63) is 29.3 Å². The van der Waals surface area contributed by atoms with Gasteiger partial charge >= 0.3 is 0 Å². The topological polar surface area (TPSA) is 99.1 Å². The average molecular weight is 349 g/mol. The van der Waals surface area contributed by atoms with Crippen LogP contribution in [0.2, 0.25) is 0 Å². The Bertz CT molecular complexity index is 760. The van der Waals surface area contributed by atoms with E-state index < -0.39 is 15.4 Å². The lowest BCUT2D eigenvalue weighted by molar-refractivity contribution is -0.127. The molecule has 130 valence electrons. The number of aryl methyl sites for hydroxylation is 2. The highest BCUT2D eigenvalue weighted by atomic mass is 32.2. The summed E-state index contributed by atoms with van der Waals surface area (Å²) >= 11 is 0. The van der Waals surface area contributed by atoms with Crippen LogP contribution in [0.5, 0.6) is 0 Å². The highest BCUT2D eigenvalue weighted by Crippen LogP contribution is 2.37. The minimum Gasteiger partial charge on any atom is -0.353 e. The first-order chi connectivity index (χ1) is 11.3. The SMILES string of the molecule is Cc1ccc(C)c(S(=O)(=O)NCCNC(=O)C2(C#N)CCCC2)c1. The Balaban J connectivity index is 1.91. The van der Waals surface area contributed by atoms with Crippen molar-refractivity contribution in [1.82, 2.24) is 10.0 Å². The molecule has 0 spiro atoms. The van der Waals surface area contributed by atoms with Crippen LogP contribution in [0.1, 0.15) is 36.8 Å². The van der Waals surface area contributed by atoms with Gasteiger partial charge in [0.2, 0.25) is 15.9 Å². The maximum Gasteiger partial charge on any atom is 0.240 e. The lowest BCUT2D eigenvalue weighted by Crippen LogP contribution is -2.42. The molecule has 1 fully saturated rings. The maximum atomic E-state index is 12.3. The van der Waals surface area contributed by atoms with Crippen molar-refractivity contribution >= 4 is 15.9 Å². The lowest BCUT2D eigenvalue weighted by atomic mass is 9.87. The molecule has 0 bridgehead atoms. The van der Waals surface area contributed by atoms with Crippen LogP contribution in [0.25, 0.3) is 0 Å². The van der Waals surface area contributed by atoms with E-state index in [9.17, 15) is 18.5 Å². The molecule has 0 saturated heterocycles. The van der Waals surface area contributed by atoms with Gasteiger partial charge in [-0.25, -0.2) is 13.1 Å². The van der Waals surface area contributed by atoms with E-state index in [1.54, 1.807) is 19.1 Å². The summed E-state index contributed by atoms with van der Waals surface area (Å²) in [6.45, 7) is 3.82. The zero-order chi connectivity index (χ0) is 17.8. The maximum absolute atomic E-state index is 12.3. The quantitative estimate of drug-likeness (QED) is 0.765. The molecule has 0 atom stereocenters. The molecule has 1 aliphatic rings. The molecule has 0 radical (unpaired) electrons. The van der Waals surface area contributed by atoms with Gasteiger partial charge < -0.3 is 5.32 Å². The molecule has 6 nitrogen and oxygen atoms in total. The van der Waals surface area contributed by atoms with E-state index in [0.29, 0.717) is 18.4 Å². The van der Waals surface area contributed by atoms with Gasteiger partial charge in [0.1, 0.15) is 5.41 Å². The second-order valence-corrected chi connectivity index (χ2v) is 8.06. The molecule has 0 unspecified atom stereocenters. The van der Waals surface area contributed by atoms with E-state index in [-0.39, 0.29) is 23.9 Å². The van der Waals surface area contributed by atoms with E-state index in [1.165, 1.54) is 0 Å². The number of nitrogens with one attached hydrogen (secondary N) is 2. The standard InChI is InChI=1S/C17H23N3O3S/c1-13-5-6-14(2)15(11-13)24(22,23)20-10-9-19-16(21)17(12-18)7-3-4-8-17/h5-6,11,20H,3-4,7-10H2,1-2H3,(H,19,21). The molecular weight excluding hydrogens is 326 g/mol. The minimum atomic E-state index is -3.62. The van der Waals surface area contributed by atoms with Crippen molar-refractivity contribution < 1.29 is 13.2 Å². The molecule has 24 heavy (non-hydrogen) atoms. The minimum absolute atomic E-state index is 0.0863. The number of benzene rings is 1. The fourth-order valence-electron chi connectivity index (χ4n) is 2.97. The van der Waals surface area contributed by atoms with Gasteiger partial charge in [-0.15, -0.1) is 0 Å². The summed E-state index contributed by atoms with van der Waals surface area (Å²) in [7, 11) is -3.62. The second-order valence-electron chi connectivity index (χ2n) is 6.32. The Morgan fingerprint density at radius 1 is 1.25 bits per heavy atom. The van der Waals surface area contributed by atoms with E-state index in [2.05, 4.69) is 16.1 Å². The molecular formula is C17H23N3O3S. The summed E-state index contributed by atoms with van der Waals surface area (Å²) in [5, 5.41) is 11.9. The molecule has 1 saturated carbocycles. The van der Waals surface area contributed by atoms with E-state index in [1.807, 2.05) is 13.0 Å². The monoisotopic (exact) mass is 349 g/mol. The summed E-state index contributed by atoms with van der Waals surface area (Å²) in [5.74, 6) is -0.298. The Kier molecular flexibility index (Phi) is 5.62. The highest BCUT2D eigenvalue weighted by Gasteiger charge is 2.41. The third kappa shape index (κ3) is 3.94. The highest BCUT2D eigenvalue weighted by molar-refractivity contribution is 7.89. The number of hydrogen-bond donors (Lipinski definition) is 2. The zero-order valence-corrected chi connectivity index (χ0v) is 14.9. The summed E-state index contributed by atoms with van der Waals surface area (Å²) in [6, 6.07) is 7.37. The Labute approximate surface area is 143 Å². The van der Waals surface area contributed by atoms with Gasteiger partial charge in [-0.2, -0.15) is 5.26 Å². The van der Waals surface area contributed by atoms with E-state index in [4.69, 9.17) is 0 Å². The van der Waals surface area contributed by atoms with Crippen LogP contribution in [-0.2, 0) is 14.8 Å². The van der Waals surface area contributed by atoms with Gasteiger partial charge in [-0.3, -0.25) is 4.79 Å². The zero-order valence-electron chi connectivity index (χ0n) is 14.1. The van der Waals surface area contributed by atoms with Gasteiger partial charge in [-0.05, 0) is 43.9 Å².